The highest BCUT2D eigenvalue weighted by Gasteiger charge is 1.96. The van der Waals surface area contributed by atoms with E-state index in [4.69, 9.17) is 5.26 Å². The van der Waals surface area contributed by atoms with Crippen LogP contribution in [0.4, 0.5) is 0 Å². The smallest absolute Gasteiger partial charge is 0.251 e. The molecule has 1 heterocycles. The second kappa shape index (κ2) is 6.53. The number of aryl methyl sites for hydroxylation is 2. The molecule has 2 rings (SSSR count). The van der Waals surface area contributed by atoms with Crippen molar-refractivity contribution < 1.29 is 0 Å². The fraction of sp³-hybridized carbons (Fsp3) is 0.176. The largest absolute Gasteiger partial charge is 0.314 e. The predicted octanol–water partition coefficient (Wildman–Crippen LogP) is 3.24. The van der Waals surface area contributed by atoms with Crippen LogP contribution in [0.1, 0.15) is 23.1 Å². The van der Waals surface area contributed by atoms with E-state index in [0.717, 1.165) is 11.1 Å². The number of nitrogens with zero attached hydrogens (tertiary/aromatic N) is 2. The van der Waals surface area contributed by atoms with Crippen LogP contribution in [0.3, 0.4) is 0 Å². The number of benzene rings is 1. The summed E-state index contributed by atoms with van der Waals surface area (Å²) in [5, 5.41) is 8.53. The van der Waals surface area contributed by atoms with Crippen LogP contribution in [-0.4, -0.2) is 4.57 Å². The molecular formula is C17H16N2O. The van der Waals surface area contributed by atoms with Crippen molar-refractivity contribution in [3.8, 4) is 6.07 Å². The van der Waals surface area contributed by atoms with E-state index in [-0.39, 0.29) is 5.56 Å². The molecule has 0 unspecified atom stereocenters. The van der Waals surface area contributed by atoms with Gasteiger partial charge in [-0.25, -0.2) is 0 Å². The molecule has 0 atom stereocenters. The van der Waals surface area contributed by atoms with E-state index in [1.807, 2.05) is 49.4 Å². The van der Waals surface area contributed by atoms with Gasteiger partial charge in [-0.3, -0.25) is 4.79 Å². The molecule has 0 radical (unpaired) electrons. The molecular weight excluding hydrogens is 248 g/mol. The lowest BCUT2D eigenvalue weighted by Gasteiger charge is -2.02. The molecule has 0 amide bonds. The monoisotopic (exact) mass is 264 g/mol. The minimum atomic E-state index is -0.0772. The molecule has 3 heteroatoms. The number of hydrogen-bond acceptors (Lipinski definition) is 2. The minimum Gasteiger partial charge on any atom is -0.314 e. The summed E-state index contributed by atoms with van der Waals surface area (Å²) in [6.07, 6.45) is 5.99. The maximum absolute atomic E-state index is 11.8. The Labute approximate surface area is 118 Å². The minimum absolute atomic E-state index is 0.0772. The first-order valence-electron chi connectivity index (χ1n) is 6.51. The van der Waals surface area contributed by atoms with Crippen molar-refractivity contribution in [2.24, 2.45) is 0 Å². The quantitative estimate of drug-likeness (QED) is 0.851. The average Bonchev–Trinajstić information content (AvgIpc) is 2.44. The molecule has 2 aromatic rings. The molecule has 0 saturated heterocycles. The van der Waals surface area contributed by atoms with Gasteiger partial charge in [-0.15, -0.1) is 0 Å². The van der Waals surface area contributed by atoms with Gasteiger partial charge < -0.3 is 4.57 Å². The normalized spacial score (nSPS) is 10.6. The zero-order valence-electron chi connectivity index (χ0n) is 11.4. The van der Waals surface area contributed by atoms with Gasteiger partial charge in [-0.2, -0.15) is 5.26 Å². The van der Waals surface area contributed by atoms with Crippen LogP contribution >= 0.6 is 0 Å². The number of rotatable bonds is 4. The van der Waals surface area contributed by atoms with Gasteiger partial charge in [0.1, 0.15) is 0 Å². The highest BCUT2D eigenvalue weighted by atomic mass is 16.1. The molecule has 0 aliphatic heterocycles. The van der Waals surface area contributed by atoms with E-state index in [2.05, 4.69) is 6.07 Å². The molecule has 0 bridgehead atoms. The van der Waals surface area contributed by atoms with Gasteiger partial charge in [0, 0.05) is 18.8 Å². The van der Waals surface area contributed by atoms with E-state index in [9.17, 15) is 4.79 Å². The Morgan fingerprint density at radius 3 is 2.60 bits per heavy atom. The van der Waals surface area contributed by atoms with Crippen molar-refractivity contribution in [1.29, 1.82) is 5.26 Å². The summed E-state index contributed by atoms with van der Waals surface area (Å²) in [5.41, 5.74) is 3.11. The van der Waals surface area contributed by atoms with Crippen LogP contribution in [0.25, 0.3) is 12.2 Å². The third-order valence-corrected chi connectivity index (χ3v) is 3.00. The Hall–Kier alpha value is -2.60. The summed E-state index contributed by atoms with van der Waals surface area (Å²) < 4.78 is 1.55. The second-order valence-electron chi connectivity index (χ2n) is 4.65. The molecule has 0 fully saturated rings. The van der Waals surface area contributed by atoms with Gasteiger partial charge in [0.05, 0.1) is 12.5 Å². The van der Waals surface area contributed by atoms with Gasteiger partial charge in [0.15, 0.2) is 0 Å². The predicted molar refractivity (Wildman–Crippen MR) is 81.0 cm³/mol. The van der Waals surface area contributed by atoms with Gasteiger partial charge in [0.25, 0.3) is 5.56 Å². The molecule has 3 nitrogen and oxygen atoms in total. The molecule has 0 spiro atoms. The molecule has 0 aliphatic rings. The first-order valence-corrected chi connectivity index (χ1v) is 6.51. The van der Waals surface area contributed by atoms with Gasteiger partial charge in [-0.1, -0.05) is 42.0 Å². The van der Waals surface area contributed by atoms with Gasteiger partial charge >= 0.3 is 0 Å². The van der Waals surface area contributed by atoms with Crippen LogP contribution in [0, 0.1) is 18.3 Å². The maximum atomic E-state index is 11.8. The molecule has 100 valence electrons. The number of aromatic nitrogens is 1. The topological polar surface area (TPSA) is 45.8 Å². The fourth-order valence-corrected chi connectivity index (χ4v) is 1.95. The van der Waals surface area contributed by atoms with Crippen molar-refractivity contribution in [1.82, 2.24) is 4.57 Å². The van der Waals surface area contributed by atoms with Crippen LogP contribution in [0.5, 0.6) is 0 Å². The number of nitriles is 1. The van der Waals surface area contributed by atoms with Crippen molar-refractivity contribution in [2.45, 2.75) is 19.9 Å². The molecule has 0 aliphatic carbocycles. The number of hydrogen-bond donors (Lipinski definition) is 0. The zero-order valence-corrected chi connectivity index (χ0v) is 11.4. The van der Waals surface area contributed by atoms with Crippen LogP contribution < -0.4 is 5.56 Å². The molecule has 0 N–H and O–H groups in total. The molecule has 20 heavy (non-hydrogen) atoms. The number of pyridine rings is 1. The van der Waals surface area contributed by atoms with E-state index in [0.29, 0.717) is 13.0 Å². The lowest BCUT2D eigenvalue weighted by atomic mass is 10.1. The summed E-state index contributed by atoms with van der Waals surface area (Å²) in [6, 6.07) is 13.7. The van der Waals surface area contributed by atoms with Crippen LogP contribution in [0.15, 0.2) is 47.4 Å². The van der Waals surface area contributed by atoms with Crippen molar-refractivity contribution in [2.75, 3.05) is 0 Å². The Balaban J connectivity index is 2.16. The van der Waals surface area contributed by atoms with E-state index < -0.39 is 0 Å². The molecule has 1 aromatic carbocycles. The third-order valence-electron chi connectivity index (χ3n) is 3.00. The Morgan fingerprint density at radius 2 is 1.95 bits per heavy atom. The fourth-order valence-electron chi connectivity index (χ4n) is 1.95. The standard InChI is InChI=1S/C17H16N2O/c1-14-4-2-5-15(12-14)6-7-16-8-11-19(10-3-9-18)17(20)13-16/h2,4-8,11-13H,3,10H2,1H3/b7-6+. The van der Waals surface area contributed by atoms with Crippen molar-refractivity contribution >= 4 is 12.2 Å². The SMILES string of the molecule is Cc1cccc(/C=C/c2ccn(CCC#N)c(=O)c2)c1. The van der Waals surface area contributed by atoms with Crippen LogP contribution in [0.2, 0.25) is 0 Å². The second-order valence-corrected chi connectivity index (χ2v) is 4.65. The Morgan fingerprint density at radius 1 is 1.20 bits per heavy atom. The Bertz CT molecular complexity index is 720. The summed E-state index contributed by atoms with van der Waals surface area (Å²) in [4.78, 5) is 11.8. The highest BCUT2D eigenvalue weighted by Crippen LogP contribution is 2.08. The Kier molecular flexibility index (Phi) is 4.52. The maximum Gasteiger partial charge on any atom is 0.251 e. The third kappa shape index (κ3) is 3.69. The van der Waals surface area contributed by atoms with Gasteiger partial charge in [0.2, 0.25) is 0 Å². The van der Waals surface area contributed by atoms with Gasteiger partial charge in [-0.05, 0) is 24.1 Å². The summed E-state index contributed by atoms with van der Waals surface area (Å²) in [5.74, 6) is 0. The summed E-state index contributed by atoms with van der Waals surface area (Å²) >= 11 is 0. The van der Waals surface area contributed by atoms with Crippen LogP contribution in [-0.2, 0) is 6.54 Å². The highest BCUT2D eigenvalue weighted by molar-refractivity contribution is 5.69. The average molecular weight is 264 g/mol. The van der Waals surface area contributed by atoms with E-state index in [1.54, 1.807) is 16.8 Å². The first-order chi connectivity index (χ1) is 9.69. The van der Waals surface area contributed by atoms with E-state index >= 15 is 0 Å². The van der Waals surface area contributed by atoms with E-state index in [1.165, 1.54) is 5.56 Å². The summed E-state index contributed by atoms with van der Waals surface area (Å²) in [6.45, 7) is 2.49. The zero-order chi connectivity index (χ0) is 14.4. The lowest BCUT2D eigenvalue weighted by Crippen LogP contribution is -2.18. The molecule has 0 saturated carbocycles. The summed E-state index contributed by atoms with van der Waals surface area (Å²) in [7, 11) is 0. The van der Waals surface area contributed by atoms with Crippen molar-refractivity contribution in [3.63, 3.8) is 0 Å². The van der Waals surface area contributed by atoms with Crippen molar-refractivity contribution in [3.05, 3.63) is 69.6 Å². The molecule has 1 aromatic heterocycles. The lowest BCUT2D eigenvalue weighted by molar-refractivity contribution is 0.686. The first kappa shape index (κ1) is 13.8.